The Labute approximate surface area is 234 Å². The van der Waals surface area contributed by atoms with E-state index in [2.05, 4.69) is 0 Å². The van der Waals surface area contributed by atoms with E-state index in [4.69, 9.17) is 32.7 Å². The largest absolute Gasteiger partial charge is 0.469 e. The van der Waals surface area contributed by atoms with Gasteiger partial charge in [-0.2, -0.15) is 0 Å². The molecule has 208 valence electrons. The van der Waals surface area contributed by atoms with Gasteiger partial charge >= 0.3 is 5.97 Å². The molecule has 2 aromatic carbocycles. The molecule has 3 rings (SSSR count). The monoisotopic (exact) mass is 584 g/mol. The second-order valence-electron chi connectivity index (χ2n) is 9.60. The van der Waals surface area contributed by atoms with Crippen LogP contribution in [0.15, 0.2) is 48.5 Å². The van der Waals surface area contributed by atoms with Gasteiger partial charge in [-0.15, -0.1) is 0 Å². The summed E-state index contributed by atoms with van der Waals surface area (Å²) in [5.74, 6) is -1.34. The summed E-state index contributed by atoms with van der Waals surface area (Å²) in [6.07, 6.45) is -1.82. The number of sulfone groups is 1. The molecule has 11 heteroatoms. The number of methoxy groups -OCH3 is 1. The van der Waals surface area contributed by atoms with Gasteiger partial charge in [-0.05, 0) is 55.9 Å². The van der Waals surface area contributed by atoms with Crippen LogP contribution in [0.5, 0.6) is 0 Å². The summed E-state index contributed by atoms with van der Waals surface area (Å²) in [5.41, 5.74) is 1.41. The fraction of sp³-hybridized carbons (Fsp3) is 0.481. The van der Waals surface area contributed by atoms with E-state index in [1.165, 1.54) is 7.11 Å². The van der Waals surface area contributed by atoms with E-state index in [1.807, 2.05) is 27.1 Å². The van der Waals surface area contributed by atoms with Crippen molar-refractivity contribution in [2.45, 2.75) is 44.1 Å². The van der Waals surface area contributed by atoms with Gasteiger partial charge in [0.05, 0.1) is 31.1 Å². The third kappa shape index (κ3) is 7.70. The summed E-state index contributed by atoms with van der Waals surface area (Å²) in [7, 11) is 1.34. The molecule has 4 atom stereocenters. The Balaban J connectivity index is 2.14. The molecule has 0 N–H and O–H groups in total. The van der Waals surface area contributed by atoms with E-state index in [1.54, 1.807) is 52.3 Å². The van der Waals surface area contributed by atoms with Crippen molar-refractivity contribution in [3.05, 3.63) is 69.7 Å². The van der Waals surface area contributed by atoms with Crippen molar-refractivity contribution < 1.29 is 27.5 Å². The predicted octanol–water partition coefficient (Wildman–Crippen LogP) is 4.32. The lowest BCUT2D eigenvalue weighted by atomic mass is 9.89. The van der Waals surface area contributed by atoms with E-state index >= 15 is 0 Å². The Hall–Kier alpha value is -2.17. The Bertz CT molecular complexity index is 1220. The van der Waals surface area contributed by atoms with Crippen molar-refractivity contribution in [3.63, 3.8) is 0 Å². The topological polar surface area (TPSA) is 93.2 Å². The molecular formula is C27H34Cl2N2O6S. The highest BCUT2D eigenvalue weighted by Gasteiger charge is 2.47. The average molecular weight is 586 g/mol. The van der Waals surface area contributed by atoms with Gasteiger partial charge in [0.25, 0.3) is 5.91 Å². The predicted molar refractivity (Wildman–Crippen MR) is 148 cm³/mol. The minimum atomic E-state index is -3.52. The molecule has 0 aromatic heterocycles. The fourth-order valence-electron chi connectivity index (χ4n) is 4.57. The summed E-state index contributed by atoms with van der Waals surface area (Å²) < 4.78 is 37.4. The van der Waals surface area contributed by atoms with E-state index in [-0.39, 0.29) is 17.9 Å². The van der Waals surface area contributed by atoms with Crippen molar-refractivity contribution in [1.29, 1.82) is 0 Å². The van der Waals surface area contributed by atoms with E-state index in [9.17, 15) is 18.0 Å². The van der Waals surface area contributed by atoms with Crippen LogP contribution >= 0.6 is 23.2 Å². The zero-order valence-electron chi connectivity index (χ0n) is 22.0. The zero-order chi connectivity index (χ0) is 28.0. The van der Waals surface area contributed by atoms with Gasteiger partial charge in [0.15, 0.2) is 9.84 Å². The lowest BCUT2D eigenvalue weighted by Crippen LogP contribution is -2.56. The molecule has 2 aromatic rings. The average Bonchev–Trinajstić information content (AvgIpc) is 2.87. The number of rotatable bonds is 11. The molecule has 0 radical (unpaired) electrons. The van der Waals surface area contributed by atoms with Crippen LogP contribution in [0.3, 0.4) is 0 Å². The lowest BCUT2D eigenvalue weighted by Gasteiger charge is -2.48. The smallest absolute Gasteiger partial charge is 0.308 e. The second kappa shape index (κ2) is 13.3. The van der Waals surface area contributed by atoms with Crippen molar-refractivity contribution in [3.8, 4) is 0 Å². The zero-order valence-corrected chi connectivity index (χ0v) is 24.3. The Morgan fingerprint density at radius 3 is 2.37 bits per heavy atom. The van der Waals surface area contributed by atoms with Gasteiger partial charge in [0.2, 0.25) is 0 Å². The number of halogens is 2. The Morgan fingerprint density at radius 1 is 1.11 bits per heavy atom. The third-order valence-electron chi connectivity index (χ3n) is 6.56. The van der Waals surface area contributed by atoms with Crippen molar-refractivity contribution in [2.75, 3.05) is 39.3 Å². The first-order valence-electron chi connectivity index (χ1n) is 12.4. The van der Waals surface area contributed by atoms with Gasteiger partial charge < -0.3 is 19.3 Å². The SMILES string of the molecule is CC[C@@H](CS(=O)(=O)CCN(C)C)N1C(=O)[C@H](CC(=O)OC)O[C@H](c2cccc(Cl)c2)[C@H]1c1ccc(Cl)cc1. The molecule has 0 unspecified atom stereocenters. The maximum atomic E-state index is 14.0. The minimum Gasteiger partial charge on any atom is -0.469 e. The summed E-state index contributed by atoms with van der Waals surface area (Å²) in [6.45, 7) is 2.21. The summed E-state index contributed by atoms with van der Waals surface area (Å²) in [6, 6.07) is 12.7. The highest BCUT2D eigenvalue weighted by Crippen LogP contribution is 2.44. The van der Waals surface area contributed by atoms with Gasteiger partial charge in [-0.25, -0.2) is 8.42 Å². The number of morpholine rings is 1. The second-order valence-corrected chi connectivity index (χ2v) is 12.7. The minimum absolute atomic E-state index is 0.0377. The summed E-state index contributed by atoms with van der Waals surface area (Å²) >= 11 is 12.5. The number of carbonyl (C=O) groups is 2. The fourth-order valence-corrected chi connectivity index (χ4v) is 6.69. The van der Waals surface area contributed by atoms with Gasteiger partial charge in [0.1, 0.15) is 12.2 Å². The lowest BCUT2D eigenvalue weighted by molar-refractivity contribution is -0.183. The van der Waals surface area contributed by atoms with Gasteiger partial charge in [0, 0.05) is 22.6 Å². The van der Waals surface area contributed by atoms with Crippen LogP contribution in [0, 0.1) is 0 Å². The van der Waals surface area contributed by atoms with Crippen molar-refractivity contribution in [1.82, 2.24) is 9.80 Å². The first kappa shape index (κ1) is 30.4. The molecule has 0 bridgehead atoms. The standard InChI is InChI=1S/C27H34Cl2N2O6S/c1-5-22(17-38(34,35)14-13-30(2)3)31-25(18-9-11-20(28)12-10-18)26(19-7-6-8-21(29)15-19)37-23(27(31)33)16-24(32)36-4/h6-12,15,22-23,25-26H,5,13-14,16-17H2,1-4H3/t22-,23-,25+,26+/m0/s1. The molecule has 0 spiro atoms. The molecule has 1 aliphatic heterocycles. The number of hydrogen-bond donors (Lipinski definition) is 0. The number of benzene rings is 2. The quantitative estimate of drug-likeness (QED) is 0.363. The van der Waals surface area contributed by atoms with Crippen LogP contribution in [0.25, 0.3) is 0 Å². The molecule has 1 amide bonds. The van der Waals surface area contributed by atoms with Crippen LogP contribution in [0.2, 0.25) is 10.0 Å². The molecule has 0 aliphatic carbocycles. The van der Waals surface area contributed by atoms with Crippen molar-refractivity contribution >= 4 is 44.9 Å². The van der Waals surface area contributed by atoms with Gasteiger partial charge in [-0.3, -0.25) is 9.59 Å². The molecule has 0 saturated carbocycles. The van der Waals surface area contributed by atoms with Crippen LogP contribution in [0.1, 0.15) is 43.0 Å². The van der Waals surface area contributed by atoms with E-state index < -0.39 is 46.0 Å². The molecular weight excluding hydrogens is 551 g/mol. The molecule has 38 heavy (non-hydrogen) atoms. The van der Waals surface area contributed by atoms with Crippen LogP contribution in [-0.2, 0) is 28.9 Å². The number of ether oxygens (including phenoxy) is 2. The number of hydrogen-bond acceptors (Lipinski definition) is 7. The first-order valence-corrected chi connectivity index (χ1v) is 14.9. The molecule has 1 aliphatic rings. The highest BCUT2D eigenvalue weighted by atomic mass is 35.5. The first-order chi connectivity index (χ1) is 18.0. The van der Waals surface area contributed by atoms with E-state index in [0.717, 1.165) is 0 Å². The number of carbonyl (C=O) groups excluding carboxylic acids is 2. The Morgan fingerprint density at radius 2 is 1.79 bits per heavy atom. The highest BCUT2D eigenvalue weighted by molar-refractivity contribution is 7.91. The third-order valence-corrected chi connectivity index (χ3v) is 8.74. The maximum Gasteiger partial charge on any atom is 0.308 e. The number of esters is 1. The van der Waals surface area contributed by atoms with E-state index in [0.29, 0.717) is 34.1 Å². The summed E-state index contributed by atoms with van der Waals surface area (Å²) in [5, 5.41) is 0.997. The van der Waals surface area contributed by atoms with Crippen LogP contribution in [0.4, 0.5) is 0 Å². The molecule has 1 fully saturated rings. The summed E-state index contributed by atoms with van der Waals surface area (Å²) in [4.78, 5) is 29.6. The van der Waals surface area contributed by atoms with Crippen LogP contribution < -0.4 is 0 Å². The normalized spacial score (nSPS) is 21.0. The number of amides is 1. The number of nitrogens with zero attached hydrogens (tertiary/aromatic N) is 2. The molecule has 1 heterocycles. The van der Waals surface area contributed by atoms with Gasteiger partial charge in [-0.1, -0.05) is 54.4 Å². The maximum absolute atomic E-state index is 14.0. The molecule has 8 nitrogen and oxygen atoms in total. The molecule has 1 saturated heterocycles. The van der Waals surface area contributed by atoms with Crippen molar-refractivity contribution in [2.24, 2.45) is 0 Å². The van der Waals surface area contributed by atoms with Crippen LogP contribution in [-0.4, -0.2) is 81.5 Å². The Kier molecular flexibility index (Phi) is 10.6.